The van der Waals surface area contributed by atoms with Gasteiger partial charge in [-0.3, -0.25) is 4.79 Å². The van der Waals surface area contributed by atoms with Gasteiger partial charge < -0.3 is 15.7 Å². The lowest BCUT2D eigenvalue weighted by Crippen LogP contribution is -2.18. The summed E-state index contributed by atoms with van der Waals surface area (Å²) >= 11 is 0. The third-order valence-corrected chi connectivity index (χ3v) is 1.77. The Morgan fingerprint density at radius 1 is 1.39 bits per heavy atom. The first-order valence-corrected chi connectivity index (χ1v) is 4.98. The summed E-state index contributed by atoms with van der Waals surface area (Å²) in [5, 5.41) is 13.2. The van der Waals surface area contributed by atoms with Crippen LogP contribution in [-0.2, 0) is 11.0 Å². The number of aliphatic carboxylic acids is 1. The molecule has 0 aliphatic carbocycles. The molecule has 0 fully saturated rings. The molecule has 9 heteroatoms. The summed E-state index contributed by atoms with van der Waals surface area (Å²) in [5.41, 5.74) is -1.14. The van der Waals surface area contributed by atoms with Crippen molar-refractivity contribution < 1.29 is 23.1 Å². The van der Waals surface area contributed by atoms with Crippen LogP contribution in [0.4, 0.5) is 24.9 Å². The van der Waals surface area contributed by atoms with E-state index in [1.54, 1.807) is 6.92 Å². The summed E-state index contributed by atoms with van der Waals surface area (Å²) in [6, 6.07) is 0.759. The van der Waals surface area contributed by atoms with Crippen LogP contribution in [0.15, 0.2) is 6.07 Å². The fourth-order valence-electron chi connectivity index (χ4n) is 1.10. The molecule has 3 N–H and O–H groups in total. The Labute approximate surface area is 100 Å². The summed E-state index contributed by atoms with van der Waals surface area (Å²) in [6.07, 6.45) is -4.62. The van der Waals surface area contributed by atoms with Crippen LogP contribution in [0.1, 0.15) is 12.6 Å². The van der Waals surface area contributed by atoms with Crippen molar-refractivity contribution in [3.63, 3.8) is 0 Å². The van der Waals surface area contributed by atoms with E-state index in [1.807, 2.05) is 0 Å². The normalized spacial score (nSPS) is 11.1. The van der Waals surface area contributed by atoms with Crippen LogP contribution < -0.4 is 10.6 Å². The zero-order valence-corrected chi connectivity index (χ0v) is 9.38. The predicted molar refractivity (Wildman–Crippen MR) is 57.3 cm³/mol. The Hall–Kier alpha value is -2.06. The number of halogens is 3. The number of nitrogens with zero attached hydrogens (tertiary/aromatic N) is 2. The van der Waals surface area contributed by atoms with Crippen LogP contribution >= 0.6 is 0 Å². The van der Waals surface area contributed by atoms with Gasteiger partial charge >= 0.3 is 12.1 Å². The topological polar surface area (TPSA) is 87.1 Å². The second-order valence-electron chi connectivity index (χ2n) is 3.24. The molecule has 0 saturated heterocycles. The van der Waals surface area contributed by atoms with Gasteiger partial charge in [0, 0.05) is 12.6 Å². The van der Waals surface area contributed by atoms with Crippen molar-refractivity contribution in [1.29, 1.82) is 0 Å². The fraction of sp³-hybridized carbons (Fsp3) is 0.444. The first-order chi connectivity index (χ1) is 8.32. The highest BCUT2D eigenvalue weighted by Crippen LogP contribution is 2.29. The van der Waals surface area contributed by atoms with Crippen LogP contribution in [0.2, 0.25) is 0 Å². The molecule has 1 aromatic heterocycles. The van der Waals surface area contributed by atoms with Gasteiger partial charge in [-0.1, -0.05) is 0 Å². The molecule has 0 radical (unpaired) electrons. The highest BCUT2D eigenvalue weighted by atomic mass is 19.4. The standard InChI is InChI=1S/C9H11F3N4O2/c1-2-13-6-3-5(9(10,11)12)15-8(16-6)14-4-7(17)18/h3H,2,4H2,1H3,(H,17,18)(H2,13,14,15,16). The third-order valence-electron chi connectivity index (χ3n) is 1.77. The number of nitrogens with one attached hydrogen (secondary N) is 2. The van der Waals surface area contributed by atoms with Gasteiger partial charge in [-0.2, -0.15) is 18.2 Å². The fourth-order valence-corrected chi connectivity index (χ4v) is 1.10. The molecular formula is C9H11F3N4O2. The molecule has 0 aliphatic heterocycles. The maximum atomic E-state index is 12.5. The van der Waals surface area contributed by atoms with E-state index in [1.165, 1.54) is 0 Å². The van der Waals surface area contributed by atoms with Gasteiger partial charge in [0.2, 0.25) is 5.95 Å². The molecule has 1 heterocycles. The maximum absolute atomic E-state index is 12.5. The van der Waals surface area contributed by atoms with E-state index in [9.17, 15) is 18.0 Å². The quantitative estimate of drug-likeness (QED) is 0.745. The van der Waals surface area contributed by atoms with Crippen molar-refractivity contribution in [2.45, 2.75) is 13.1 Å². The number of carboxylic acid groups (broad SMARTS) is 1. The lowest BCUT2D eigenvalue weighted by molar-refractivity contribution is -0.141. The minimum Gasteiger partial charge on any atom is -0.480 e. The van der Waals surface area contributed by atoms with Crippen LogP contribution in [0.3, 0.4) is 0 Å². The lowest BCUT2D eigenvalue weighted by atomic mass is 10.3. The molecule has 0 saturated carbocycles. The minimum absolute atomic E-state index is 0.0206. The molecule has 0 amide bonds. The summed E-state index contributed by atoms with van der Waals surface area (Å²) in [4.78, 5) is 17.2. The number of carbonyl (C=O) groups is 1. The molecule has 6 nitrogen and oxygen atoms in total. The lowest BCUT2D eigenvalue weighted by Gasteiger charge is -2.11. The van der Waals surface area contributed by atoms with Crippen molar-refractivity contribution in [3.8, 4) is 0 Å². The Morgan fingerprint density at radius 2 is 2.06 bits per heavy atom. The van der Waals surface area contributed by atoms with Gasteiger partial charge in [-0.15, -0.1) is 0 Å². The van der Waals surface area contributed by atoms with Crippen molar-refractivity contribution >= 4 is 17.7 Å². The monoisotopic (exact) mass is 264 g/mol. The van der Waals surface area contributed by atoms with E-state index in [0.29, 0.717) is 6.54 Å². The van der Waals surface area contributed by atoms with E-state index in [2.05, 4.69) is 20.6 Å². The predicted octanol–water partition coefficient (Wildman–Crippen LogP) is 1.42. The van der Waals surface area contributed by atoms with Gasteiger partial charge in [0.15, 0.2) is 5.69 Å². The maximum Gasteiger partial charge on any atom is 0.433 e. The van der Waals surface area contributed by atoms with Gasteiger partial charge in [-0.25, -0.2) is 4.98 Å². The van der Waals surface area contributed by atoms with Crippen LogP contribution in [0.25, 0.3) is 0 Å². The molecule has 1 aromatic rings. The summed E-state index contributed by atoms with van der Waals surface area (Å²) in [7, 11) is 0. The van der Waals surface area contributed by atoms with Gasteiger partial charge in [0.25, 0.3) is 0 Å². The molecule has 18 heavy (non-hydrogen) atoms. The second-order valence-corrected chi connectivity index (χ2v) is 3.24. The van der Waals surface area contributed by atoms with Gasteiger partial charge in [-0.05, 0) is 6.92 Å². The van der Waals surface area contributed by atoms with Crippen LogP contribution in [0, 0.1) is 0 Å². The number of hydrogen-bond acceptors (Lipinski definition) is 5. The number of aromatic nitrogens is 2. The summed E-state index contributed by atoms with van der Waals surface area (Å²) in [6.45, 7) is 1.51. The number of anilines is 2. The largest absolute Gasteiger partial charge is 0.480 e. The summed E-state index contributed by atoms with van der Waals surface area (Å²) in [5.74, 6) is -1.63. The van der Waals surface area contributed by atoms with Crippen LogP contribution in [-0.4, -0.2) is 34.1 Å². The van der Waals surface area contributed by atoms with E-state index in [0.717, 1.165) is 6.07 Å². The van der Waals surface area contributed by atoms with Crippen molar-refractivity contribution in [1.82, 2.24) is 9.97 Å². The third kappa shape index (κ3) is 4.07. The Kier molecular flexibility index (Phi) is 4.29. The van der Waals surface area contributed by atoms with Crippen molar-refractivity contribution in [2.75, 3.05) is 23.7 Å². The average Bonchev–Trinajstić information content (AvgIpc) is 2.25. The number of alkyl halides is 3. The summed E-state index contributed by atoms with van der Waals surface area (Å²) < 4.78 is 37.6. The minimum atomic E-state index is -4.62. The Bertz CT molecular complexity index is 436. The van der Waals surface area contributed by atoms with Gasteiger partial charge in [0.05, 0.1) is 0 Å². The van der Waals surface area contributed by atoms with Crippen LogP contribution in [0.5, 0.6) is 0 Å². The molecule has 0 aliphatic rings. The molecule has 1 rings (SSSR count). The first kappa shape index (κ1) is 14.0. The number of rotatable bonds is 5. The van der Waals surface area contributed by atoms with E-state index in [4.69, 9.17) is 5.11 Å². The molecule has 0 aromatic carbocycles. The number of carboxylic acids is 1. The molecular weight excluding hydrogens is 253 g/mol. The highest BCUT2D eigenvalue weighted by molar-refractivity contribution is 5.71. The second kappa shape index (κ2) is 5.52. The Morgan fingerprint density at radius 3 is 2.56 bits per heavy atom. The average molecular weight is 264 g/mol. The molecule has 0 unspecified atom stereocenters. The van der Waals surface area contributed by atoms with E-state index < -0.39 is 24.4 Å². The van der Waals surface area contributed by atoms with Gasteiger partial charge in [0.1, 0.15) is 12.4 Å². The Balaban J connectivity index is 3.02. The van der Waals surface area contributed by atoms with E-state index in [-0.39, 0.29) is 11.8 Å². The van der Waals surface area contributed by atoms with Crippen molar-refractivity contribution in [3.05, 3.63) is 11.8 Å². The van der Waals surface area contributed by atoms with Crippen molar-refractivity contribution in [2.24, 2.45) is 0 Å². The highest BCUT2D eigenvalue weighted by Gasteiger charge is 2.33. The zero-order valence-electron chi connectivity index (χ0n) is 9.38. The SMILES string of the molecule is CCNc1cc(C(F)(F)F)nc(NCC(=O)O)n1. The molecule has 100 valence electrons. The molecule has 0 bridgehead atoms. The first-order valence-electron chi connectivity index (χ1n) is 4.98. The number of hydrogen-bond donors (Lipinski definition) is 3. The van der Waals surface area contributed by atoms with E-state index >= 15 is 0 Å². The zero-order chi connectivity index (χ0) is 13.8. The molecule has 0 atom stereocenters. The smallest absolute Gasteiger partial charge is 0.433 e. The molecule has 0 spiro atoms.